The number of phenolic OH excluding ortho intramolecular Hbond substituents is 1. The average Bonchev–Trinajstić information content (AvgIpc) is 2.88. The highest BCUT2D eigenvalue weighted by Crippen LogP contribution is 2.36. The minimum absolute atomic E-state index is 0.173. The van der Waals surface area contributed by atoms with Crippen LogP contribution in [0.2, 0.25) is 9.36 Å². The molecule has 0 atom stereocenters. The molecule has 0 amide bonds. The molecule has 1 heterocycles. The monoisotopic (exact) mass is 348 g/mol. The third kappa shape index (κ3) is 3.30. The first kappa shape index (κ1) is 15.0. The molecule has 3 nitrogen and oxygen atoms in total. The molecule has 0 spiro atoms. The van der Waals surface area contributed by atoms with E-state index in [-0.39, 0.29) is 5.75 Å². The van der Waals surface area contributed by atoms with Gasteiger partial charge in [0.1, 0.15) is 15.8 Å². The Morgan fingerprint density at radius 1 is 1.05 bits per heavy atom. The summed E-state index contributed by atoms with van der Waals surface area (Å²) in [5, 5.41) is 10.9. The Morgan fingerprint density at radius 2 is 1.77 bits per heavy atom. The van der Waals surface area contributed by atoms with E-state index >= 15 is 0 Å². The fourth-order valence-corrected chi connectivity index (χ4v) is 3.00. The summed E-state index contributed by atoms with van der Waals surface area (Å²) < 4.78 is 0.562. The largest absolute Gasteiger partial charge is 0.507 e. The summed E-state index contributed by atoms with van der Waals surface area (Å²) in [5.74, 6) is 0.173. The second-order valence-electron chi connectivity index (χ2n) is 4.44. The van der Waals surface area contributed by atoms with Crippen LogP contribution in [-0.2, 0) is 0 Å². The number of rotatable bonds is 3. The second kappa shape index (κ2) is 6.48. The molecule has 1 aromatic heterocycles. The fraction of sp³-hybridized carbons (Fsp3) is 0. The zero-order chi connectivity index (χ0) is 15.5. The predicted molar refractivity (Wildman–Crippen MR) is 92.9 cm³/mol. The van der Waals surface area contributed by atoms with Crippen LogP contribution in [-0.4, -0.2) is 16.3 Å². The number of benzene rings is 2. The molecule has 0 fully saturated rings. The maximum absolute atomic E-state index is 9.71. The molecular weight excluding hydrogens is 339 g/mol. The van der Waals surface area contributed by atoms with Gasteiger partial charge in [-0.1, -0.05) is 58.8 Å². The molecule has 0 saturated heterocycles. The highest BCUT2D eigenvalue weighted by Gasteiger charge is 2.10. The molecule has 110 valence electrons. The summed E-state index contributed by atoms with van der Waals surface area (Å²) in [6.45, 7) is 0. The van der Waals surface area contributed by atoms with Crippen molar-refractivity contribution in [3.05, 3.63) is 63.5 Å². The number of para-hydroxylation sites is 1. The molecule has 6 heteroatoms. The van der Waals surface area contributed by atoms with E-state index in [1.54, 1.807) is 36.5 Å². The van der Waals surface area contributed by atoms with E-state index in [4.69, 9.17) is 23.2 Å². The maximum atomic E-state index is 9.71. The number of hydrogen-bond donors (Lipinski definition) is 1. The normalized spacial score (nSPS) is 11.2. The molecule has 3 aromatic rings. The summed E-state index contributed by atoms with van der Waals surface area (Å²) in [4.78, 5) is 8.69. The van der Waals surface area contributed by atoms with E-state index in [1.807, 2.05) is 18.2 Å². The molecule has 0 aliphatic carbocycles. The molecule has 0 unspecified atom stereocenters. The van der Waals surface area contributed by atoms with Crippen LogP contribution in [0, 0.1) is 0 Å². The van der Waals surface area contributed by atoms with Gasteiger partial charge in [-0.15, -0.1) is 0 Å². The number of hydrogen-bond acceptors (Lipinski definition) is 4. The van der Waals surface area contributed by atoms with Crippen molar-refractivity contribution in [2.45, 2.75) is 0 Å². The van der Waals surface area contributed by atoms with Gasteiger partial charge in [-0.2, -0.15) is 0 Å². The first-order valence-electron chi connectivity index (χ1n) is 6.38. The zero-order valence-electron chi connectivity index (χ0n) is 11.2. The summed E-state index contributed by atoms with van der Waals surface area (Å²) in [5.41, 5.74) is 2.18. The Kier molecular flexibility index (Phi) is 4.43. The van der Waals surface area contributed by atoms with Crippen LogP contribution in [0.15, 0.2) is 53.5 Å². The Bertz CT molecular complexity index is 828. The van der Waals surface area contributed by atoms with Crippen molar-refractivity contribution >= 4 is 45.9 Å². The van der Waals surface area contributed by atoms with Crippen molar-refractivity contribution in [1.29, 1.82) is 0 Å². The molecule has 22 heavy (non-hydrogen) atoms. The van der Waals surface area contributed by atoms with Crippen LogP contribution in [0.3, 0.4) is 0 Å². The molecule has 0 aliphatic heterocycles. The number of halogens is 2. The summed E-state index contributed by atoms with van der Waals surface area (Å²) >= 11 is 13.4. The molecule has 3 rings (SSSR count). The molecule has 0 radical (unpaired) electrons. The lowest BCUT2D eigenvalue weighted by Gasteiger charge is -1.97. The highest BCUT2D eigenvalue weighted by molar-refractivity contribution is 7.19. The van der Waals surface area contributed by atoms with E-state index in [1.165, 1.54) is 11.3 Å². The Labute approximate surface area is 141 Å². The number of aromatic nitrogens is 1. The van der Waals surface area contributed by atoms with Crippen LogP contribution < -0.4 is 0 Å². The summed E-state index contributed by atoms with van der Waals surface area (Å²) in [7, 11) is 0. The Balaban J connectivity index is 1.89. The van der Waals surface area contributed by atoms with E-state index in [0.717, 1.165) is 5.56 Å². The second-order valence-corrected chi connectivity index (χ2v) is 6.46. The number of thiazole rings is 1. The average molecular weight is 349 g/mol. The van der Waals surface area contributed by atoms with Crippen molar-refractivity contribution < 1.29 is 5.11 Å². The first-order valence-corrected chi connectivity index (χ1v) is 7.95. The molecular formula is C16H10Cl2N2OS. The fourth-order valence-electron chi connectivity index (χ4n) is 1.85. The topological polar surface area (TPSA) is 45.5 Å². The van der Waals surface area contributed by atoms with Crippen LogP contribution in [0.1, 0.15) is 5.56 Å². The third-order valence-corrected chi connectivity index (χ3v) is 4.36. The van der Waals surface area contributed by atoms with Gasteiger partial charge in [0.15, 0.2) is 0 Å². The predicted octanol–water partition coefficient (Wildman–Crippen LogP) is 5.57. The van der Waals surface area contributed by atoms with Gasteiger partial charge in [0.2, 0.25) is 5.13 Å². The van der Waals surface area contributed by atoms with Crippen molar-refractivity contribution in [2.75, 3.05) is 0 Å². The molecule has 1 N–H and O–H groups in total. The van der Waals surface area contributed by atoms with Gasteiger partial charge in [-0.25, -0.2) is 9.98 Å². The van der Waals surface area contributed by atoms with E-state index in [0.29, 0.717) is 25.7 Å². The van der Waals surface area contributed by atoms with Crippen LogP contribution in [0.5, 0.6) is 5.75 Å². The standard InChI is InChI=1S/C16H10Cl2N2OS/c17-12-7-5-10(6-8-12)14-15(18)22-16(20-14)19-9-11-3-1-2-4-13(11)21/h1-9,21H/b19-9+. The van der Waals surface area contributed by atoms with Crippen LogP contribution >= 0.6 is 34.5 Å². The van der Waals surface area contributed by atoms with Gasteiger partial charge < -0.3 is 5.11 Å². The lowest BCUT2D eigenvalue weighted by molar-refractivity contribution is 0.474. The number of phenols is 1. The van der Waals surface area contributed by atoms with Crippen molar-refractivity contribution in [1.82, 2.24) is 4.98 Å². The third-order valence-electron chi connectivity index (χ3n) is 2.94. The summed E-state index contributed by atoms with van der Waals surface area (Å²) in [6.07, 6.45) is 1.57. The van der Waals surface area contributed by atoms with Gasteiger partial charge in [0, 0.05) is 22.4 Å². The smallest absolute Gasteiger partial charge is 0.211 e. The van der Waals surface area contributed by atoms with E-state index < -0.39 is 0 Å². The lowest BCUT2D eigenvalue weighted by Crippen LogP contribution is -1.81. The SMILES string of the molecule is Oc1ccccc1/C=N/c1nc(-c2ccc(Cl)cc2)c(Cl)s1. The molecule has 2 aromatic carbocycles. The van der Waals surface area contributed by atoms with Crippen molar-refractivity contribution in [2.24, 2.45) is 4.99 Å². The number of aliphatic imine (C=N–C) groups is 1. The molecule has 0 bridgehead atoms. The van der Waals surface area contributed by atoms with Gasteiger partial charge in [-0.3, -0.25) is 0 Å². The lowest BCUT2D eigenvalue weighted by atomic mass is 10.2. The van der Waals surface area contributed by atoms with Crippen molar-refractivity contribution in [3.8, 4) is 17.0 Å². The van der Waals surface area contributed by atoms with Gasteiger partial charge >= 0.3 is 0 Å². The maximum Gasteiger partial charge on any atom is 0.211 e. The van der Waals surface area contributed by atoms with Gasteiger partial charge in [-0.05, 0) is 24.3 Å². The Hall–Kier alpha value is -1.88. The van der Waals surface area contributed by atoms with Crippen LogP contribution in [0.25, 0.3) is 11.3 Å². The van der Waals surface area contributed by atoms with Gasteiger partial charge in [0.05, 0.1) is 0 Å². The Morgan fingerprint density at radius 3 is 2.50 bits per heavy atom. The summed E-state index contributed by atoms with van der Waals surface area (Å²) in [6, 6.07) is 14.3. The van der Waals surface area contributed by atoms with Crippen molar-refractivity contribution in [3.63, 3.8) is 0 Å². The molecule has 0 aliphatic rings. The van der Waals surface area contributed by atoms with E-state index in [2.05, 4.69) is 9.98 Å². The molecule has 0 saturated carbocycles. The minimum Gasteiger partial charge on any atom is -0.507 e. The number of aromatic hydroxyl groups is 1. The minimum atomic E-state index is 0.173. The quantitative estimate of drug-likeness (QED) is 0.628. The number of nitrogens with zero attached hydrogens (tertiary/aromatic N) is 2. The van der Waals surface area contributed by atoms with Crippen LogP contribution in [0.4, 0.5) is 5.13 Å². The first-order chi connectivity index (χ1) is 10.6. The van der Waals surface area contributed by atoms with E-state index in [9.17, 15) is 5.11 Å². The van der Waals surface area contributed by atoms with Gasteiger partial charge in [0.25, 0.3) is 0 Å². The zero-order valence-corrected chi connectivity index (χ0v) is 13.5. The highest BCUT2D eigenvalue weighted by atomic mass is 35.5.